The maximum atomic E-state index is 12.4. The summed E-state index contributed by atoms with van der Waals surface area (Å²) in [4.78, 5) is 24.5. The third-order valence-corrected chi connectivity index (χ3v) is 5.64. The Hall–Kier alpha value is -2.45. The normalized spacial score (nSPS) is 13.8. The Labute approximate surface area is 159 Å². The van der Waals surface area contributed by atoms with Gasteiger partial charge in [0.15, 0.2) is 0 Å². The fraction of sp³-hybridized carbons (Fsp3) is 0.222. The van der Waals surface area contributed by atoms with Crippen LogP contribution in [0.3, 0.4) is 0 Å². The molecule has 3 aromatic rings. The molecule has 3 heterocycles. The molecule has 4 rings (SSSR count). The third kappa shape index (κ3) is 4.03. The van der Waals surface area contributed by atoms with Crippen LogP contribution in [0.4, 0.5) is 10.9 Å². The molecule has 0 spiro atoms. The van der Waals surface area contributed by atoms with E-state index in [1.807, 2.05) is 36.4 Å². The van der Waals surface area contributed by atoms with Gasteiger partial charge in [0.05, 0.1) is 5.56 Å². The molecule has 1 fully saturated rings. The van der Waals surface area contributed by atoms with E-state index >= 15 is 0 Å². The largest absolute Gasteiger partial charge is 0.357 e. The molecule has 0 unspecified atom stereocenters. The molecule has 8 heteroatoms. The van der Waals surface area contributed by atoms with Gasteiger partial charge < -0.3 is 4.90 Å². The van der Waals surface area contributed by atoms with E-state index in [-0.39, 0.29) is 5.91 Å². The van der Waals surface area contributed by atoms with Gasteiger partial charge >= 0.3 is 0 Å². The number of nitrogens with zero attached hydrogens (tertiary/aromatic N) is 4. The first-order chi connectivity index (χ1) is 12.8. The van der Waals surface area contributed by atoms with Gasteiger partial charge in [0.2, 0.25) is 10.3 Å². The number of anilines is 2. The summed E-state index contributed by atoms with van der Waals surface area (Å²) in [7, 11) is 0. The second-order valence-corrected chi connectivity index (χ2v) is 7.64. The quantitative estimate of drug-likeness (QED) is 0.720. The molecule has 1 aromatic carbocycles. The summed E-state index contributed by atoms with van der Waals surface area (Å²) in [6.45, 7) is 2.07. The minimum absolute atomic E-state index is 0.224. The average Bonchev–Trinajstić information content (AvgIpc) is 3.35. The first kappa shape index (κ1) is 17.0. The first-order valence-electron chi connectivity index (χ1n) is 8.37. The summed E-state index contributed by atoms with van der Waals surface area (Å²) in [5, 5.41) is 3.90. The monoisotopic (exact) mass is 383 g/mol. The van der Waals surface area contributed by atoms with Crippen molar-refractivity contribution >= 4 is 40.2 Å². The number of hydrogen-bond donors (Lipinski definition) is 1. The summed E-state index contributed by atoms with van der Waals surface area (Å²) in [5.74, 6) is 0.703. The predicted octanol–water partition coefficient (Wildman–Crippen LogP) is 3.94. The van der Waals surface area contributed by atoms with Crippen LogP contribution in [-0.2, 0) is 0 Å². The summed E-state index contributed by atoms with van der Waals surface area (Å²) in [6.07, 6.45) is 4.01. The Morgan fingerprint density at radius 1 is 1.12 bits per heavy atom. The van der Waals surface area contributed by atoms with E-state index < -0.39 is 0 Å². The topological polar surface area (TPSA) is 71.0 Å². The Balaban J connectivity index is 1.38. The molecule has 2 aromatic heterocycles. The number of hydrogen-bond acceptors (Lipinski definition) is 7. The highest BCUT2D eigenvalue weighted by atomic mass is 32.2. The summed E-state index contributed by atoms with van der Waals surface area (Å²) in [6, 6.07) is 13.6. The van der Waals surface area contributed by atoms with E-state index in [0.29, 0.717) is 15.9 Å². The molecule has 0 radical (unpaired) electrons. The first-order valence-corrected chi connectivity index (χ1v) is 9.96. The number of carbonyl (C=O) groups is 1. The molecule has 1 N–H and O–H groups in total. The molecule has 1 aliphatic rings. The van der Waals surface area contributed by atoms with E-state index in [0.717, 1.165) is 23.8 Å². The lowest BCUT2D eigenvalue weighted by Gasteiger charge is -2.15. The highest BCUT2D eigenvalue weighted by Crippen LogP contribution is 2.27. The molecule has 1 amide bonds. The number of pyridine rings is 1. The smallest absolute Gasteiger partial charge is 0.259 e. The van der Waals surface area contributed by atoms with Gasteiger partial charge in [0, 0.05) is 35.7 Å². The Kier molecular flexibility index (Phi) is 5.12. The average molecular weight is 384 g/mol. The molecule has 1 saturated heterocycles. The van der Waals surface area contributed by atoms with E-state index in [9.17, 15) is 4.79 Å². The second-order valence-electron chi connectivity index (χ2n) is 5.85. The fourth-order valence-electron chi connectivity index (χ4n) is 2.72. The van der Waals surface area contributed by atoms with Crippen molar-refractivity contribution in [3.8, 4) is 0 Å². The number of aromatic nitrogens is 3. The molecule has 132 valence electrons. The number of benzene rings is 1. The lowest BCUT2D eigenvalue weighted by atomic mass is 10.2. The summed E-state index contributed by atoms with van der Waals surface area (Å²) >= 11 is 2.64. The van der Waals surface area contributed by atoms with Crippen LogP contribution in [0.5, 0.6) is 0 Å². The van der Waals surface area contributed by atoms with Crippen LogP contribution >= 0.6 is 23.3 Å². The summed E-state index contributed by atoms with van der Waals surface area (Å²) in [5.41, 5.74) is 0.514. The number of amides is 1. The van der Waals surface area contributed by atoms with Crippen molar-refractivity contribution in [3.05, 3.63) is 54.2 Å². The number of rotatable bonds is 5. The van der Waals surface area contributed by atoms with E-state index in [4.69, 9.17) is 0 Å². The lowest BCUT2D eigenvalue weighted by molar-refractivity contribution is 0.102. The molecule has 0 atom stereocenters. The van der Waals surface area contributed by atoms with E-state index in [1.165, 1.54) is 36.1 Å². The van der Waals surface area contributed by atoms with Crippen LogP contribution in [-0.4, -0.2) is 33.3 Å². The van der Waals surface area contributed by atoms with Crippen molar-refractivity contribution < 1.29 is 4.79 Å². The molecule has 0 bridgehead atoms. The predicted molar refractivity (Wildman–Crippen MR) is 104 cm³/mol. The van der Waals surface area contributed by atoms with Gasteiger partial charge in [-0.1, -0.05) is 18.2 Å². The highest BCUT2D eigenvalue weighted by Gasteiger charge is 2.15. The van der Waals surface area contributed by atoms with Crippen molar-refractivity contribution in [1.29, 1.82) is 0 Å². The standard InChI is InChI=1S/C18H17N5OS2/c24-16(13-8-9-15(19-12-13)23-10-4-5-11-23)20-17-21-18(22-26-17)25-14-6-2-1-3-7-14/h1-3,6-9,12H,4-5,10-11H2,(H,20,21,22,24). The van der Waals surface area contributed by atoms with Gasteiger partial charge in [-0.2, -0.15) is 9.36 Å². The maximum absolute atomic E-state index is 12.4. The summed E-state index contributed by atoms with van der Waals surface area (Å²) < 4.78 is 4.28. The van der Waals surface area contributed by atoms with Gasteiger partial charge in [-0.3, -0.25) is 10.1 Å². The van der Waals surface area contributed by atoms with Gasteiger partial charge in [-0.15, -0.1) is 0 Å². The van der Waals surface area contributed by atoms with Crippen molar-refractivity contribution in [3.63, 3.8) is 0 Å². The molecular formula is C18H17N5OS2. The van der Waals surface area contributed by atoms with Crippen LogP contribution in [0.2, 0.25) is 0 Å². The van der Waals surface area contributed by atoms with Crippen LogP contribution in [0.1, 0.15) is 23.2 Å². The maximum Gasteiger partial charge on any atom is 0.259 e. The van der Waals surface area contributed by atoms with Crippen molar-refractivity contribution in [2.45, 2.75) is 22.9 Å². The second kappa shape index (κ2) is 7.84. The molecular weight excluding hydrogens is 366 g/mol. The molecule has 0 saturated carbocycles. The highest BCUT2D eigenvalue weighted by molar-refractivity contribution is 7.99. The zero-order valence-electron chi connectivity index (χ0n) is 14.0. The van der Waals surface area contributed by atoms with Crippen molar-refractivity contribution in [1.82, 2.24) is 14.3 Å². The van der Waals surface area contributed by atoms with Gasteiger partial charge in [0.1, 0.15) is 5.82 Å². The van der Waals surface area contributed by atoms with Gasteiger partial charge in [0.25, 0.3) is 5.91 Å². The zero-order valence-corrected chi connectivity index (χ0v) is 15.6. The SMILES string of the molecule is O=C(Nc1nc(Sc2ccccc2)ns1)c1ccc(N2CCCC2)nc1. The molecule has 6 nitrogen and oxygen atoms in total. The fourth-order valence-corrected chi connectivity index (χ4v) is 4.15. The molecule has 0 aliphatic carbocycles. The Bertz CT molecular complexity index is 876. The molecule has 26 heavy (non-hydrogen) atoms. The van der Waals surface area contributed by atoms with Crippen LogP contribution < -0.4 is 10.2 Å². The third-order valence-electron chi connectivity index (χ3n) is 4.02. The molecule has 1 aliphatic heterocycles. The van der Waals surface area contributed by atoms with E-state index in [1.54, 1.807) is 12.3 Å². The Morgan fingerprint density at radius 3 is 2.65 bits per heavy atom. The number of carbonyl (C=O) groups excluding carboxylic acids is 1. The van der Waals surface area contributed by atoms with Crippen molar-refractivity contribution in [2.75, 3.05) is 23.3 Å². The zero-order chi connectivity index (χ0) is 17.8. The minimum atomic E-state index is -0.224. The minimum Gasteiger partial charge on any atom is -0.357 e. The number of nitrogens with one attached hydrogen (secondary N) is 1. The van der Waals surface area contributed by atoms with Crippen LogP contribution in [0, 0.1) is 0 Å². The van der Waals surface area contributed by atoms with Gasteiger partial charge in [-0.25, -0.2) is 4.98 Å². The lowest BCUT2D eigenvalue weighted by Crippen LogP contribution is -2.19. The Morgan fingerprint density at radius 2 is 1.92 bits per heavy atom. The van der Waals surface area contributed by atoms with Crippen LogP contribution in [0.25, 0.3) is 0 Å². The van der Waals surface area contributed by atoms with Gasteiger partial charge in [-0.05, 0) is 48.9 Å². The van der Waals surface area contributed by atoms with Crippen molar-refractivity contribution in [2.24, 2.45) is 0 Å². The van der Waals surface area contributed by atoms with E-state index in [2.05, 4.69) is 24.6 Å². The van der Waals surface area contributed by atoms with Crippen LogP contribution in [0.15, 0.2) is 58.7 Å².